The molecule has 1 heterocycles. The van der Waals surface area contributed by atoms with Gasteiger partial charge in [0.15, 0.2) is 5.13 Å². The summed E-state index contributed by atoms with van der Waals surface area (Å²) in [6.07, 6.45) is 2.32. The third kappa shape index (κ3) is 3.27. The number of aliphatic hydroxyl groups excluding tert-OH is 1. The van der Waals surface area contributed by atoms with Gasteiger partial charge in [0, 0.05) is 18.5 Å². The van der Waals surface area contributed by atoms with Gasteiger partial charge in [-0.2, -0.15) is 0 Å². The summed E-state index contributed by atoms with van der Waals surface area (Å²) in [4.78, 5) is 6.57. The number of thiazole rings is 1. The quantitative estimate of drug-likeness (QED) is 0.787. The van der Waals surface area contributed by atoms with Crippen LogP contribution in [0.3, 0.4) is 0 Å². The number of aryl methyl sites for hydroxylation is 1. The highest BCUT2D eigenvalue weighted by Gasteiger charge is 2.08. The summed E-state index contributed by atoms with van der Waals surface area (Å²) < 4.78 is 0. The predicted octanol–water partition coefficient (Wildman–Crippen LogP) is 2.05. The molecule has 0 amide bonds. The van der Waals surface area contributed by atoms with Crippen molar-refractivity contribution in [2.45, 2.75) is 26.7 Å². The lowest BCUT2D eigenvalue weighted by Crippen LogP contribution is -2.27. The molecule has 0 aliphatic rings. The Balaban J connectivity index is 2.57. The van der Waals surface area contributed by atoms with Gasteiger partial charge in [-0.3, -0.25) is 0 Å². The third-order valence-electron chi connectivity index (χ3n) is 2.03. The molecule has 0 saturated heterocycles. The largest absolute Gasteiger partial charge is 0.395 e. The Hall–Kier alpha value is -0.610. The van der Waals surface area contributed by atoms with E-state index in [2.05, 4.69) is 16.8 Å². The molecule has 0 aromatic carbocycles. The van der Waals surface area contributed by atoms with Crippen molar-refractivity contribution < 1.29 is 5.11 Å². The Morgan fingerprint density at radius 3 is 2.79 bits per heavy atom. The minimum Gasteiger partial charge on any atom is -0.395 e. The van der Waals surface area contributed by atoms with E-state index in [1.54, 1.807) is 11.3 Å². The van der Waals surface area contributed by atoms with Gasteiger partial charge in [0.2, 0.25) is 0 Å². The van der Waals surface area contributed by atoms with Crippen molar-refractivity contribution in [1.29, 1.82) is 0 Å². The van der Waals surface area contributed by atoms with E-state index in [0.717, 1.165) is 23.8 Å². The van der Waals surface area contributed by atoms with Crippen molar-refractivity contribution in [2.75, 3.05) is 24.6 Å². The van der Waals surface area contributed by atoms with Crippen molar-refractivity contribution in [3.63, 3.8) is 0 Å². The van der Waals surface area contributed by atoms with Gasteiger partial charge >= 0.3 is 0 Å². The van der Waals surface area contributed by atoms with E-state index in [-0.39, 0.29) is 6.61 Å². The first-order chi connectivity index (χ1) is 6.77. The van der Waals surface area contributed by atoms with Crippen molar-refractivity contribution in [3.05, 3.63) is 11.1 Å². The lowest BCUT2D eigenvalue weighted by molar-refractivity contribution is 0.301. The topological polar surface area (TPSA) is 36.4 Å². The van der Waals surface area contributed by atoms with Crippen molar-refractivity contribution in [3.8, 4) is 0 Å². The number of rotatable bonds is 6. The van der Waals surface area contributed by atoms with E-state index >= 15 is 0 Å². The molecule has 0 aliphatic carbocycles. The SMILES string of the molecule is CCCCN(CCO)c1nc(C)cs1. The van der Waals surface area contributed by atoms with Crippen molar-refractivity contribution in [1.82, 2.24) is 4.98 Å². The van der Waals surface area contributed by atoms with Gasteiger partial charge in [-0.25, -0.2) is 4.98 Å². The molecule has 0 bridgehead atoms. The van der Waals surface area contributed by atoms with Gasteiger partial charge in [0.25, 0.3) is 0 Å². The molecule has 4 heteroatoms. The number of nitrogens with zero attached hydrogens (tertiary/aromatic N) is 2. The highest BCUT2D eigenvalue weighted by molar-refractivity contribution is 7.13. The zero-order valence-electron chi connectivity index (χ0n) is 8.86. The summed E-state index contributed by atoms with van der Waals surface area (Å²) in [5.74, 6) is 0. The van der Waals surface area contributed by atoms with Crippen LogP contribution in [0.15, 0.2) is 5.38 Å². The van der Waals surface area contributed by atoms with E-state index < -0.39 is 0 Å². The highest BCUT2D eigenvalue weighted by atomic mass is 32.1. The molecule has 3 nitrogen and oxygen atoms in total. The van der Waals surface area contributed by atoms with Gasteiger partial charge < -0.3 is 10.0 Å². The molecule has 0 spiro atoms. The summed E-state index contributed by atoms with van der Waals surface area (Å²) in [6, 6.07) is 0. The van der Waals surface area contributed by atoms with Crippen LogP contribution >= 0.6 is 11.3 Å². The molecular weight excluding hydrogens is 196 g/mol. The van der Waals surface area contributed by atoms with Crippen LogP contribution in [0, 0.1) is 6.92 Å². The van der Waals surface area contributed by atoms with Gasteiger partial charge in [-0.05, 0) is 13.3 Å². The first kappa shape index (κ1) is 11.5. The standard InChI is InChI=1S/C10H18N2OS/c1-3-4-5-12(6-7-13)10-11-9(2)8-14-10/h8,13H,3-7H2,1-2H3. The van der Waals surface area contributed by atoms with Crippen LogP contribution in [0.25, 0.3) is 0 Å². The number of hydrogen-bond acceptors (Lipinski definition) is 4. The number of aromatic nitrogens is 1. The zero-order chi connectivity index (χ0) is 10.4. The maximum absolute atomic E-state index is 8.94. The Labute approximate surface area is 89.4 Å². The molecule has 1 aromatic heterocycles. The normalized spacial score (nSPS) is 10.5. The number of anilines is 1. The molecule has 80 valence electrons. The Kier molecular flexibility index (Phi) is 4.90. The fourth-order valence-electron chi connectivity index (χ4n) is 1.26. The number of unbranched alkanes of at least 4 members (excludes halogenated alkanes) is 1. The van der Waals surface area contributed by atoms with Crippen LogP contribution in [-0.2, 0) is 0 Å². The average Bonchev–Trinajstić information content (AvgIpc) is 2.59. The van der Waals surface area contributed by atoms with E-state index in [0.29, 0.717) is 6.54 Å². The lowest BCUT2D eigenvalue weighted by Gasteiger charge is -2.20. The summed E-state index contributed by atoms with van der Waals surface area (Å²) in [6.45, 7) is 6.04. The summed E-state index contributed by atoms with van der Waals surface area (Å²) >= 11 is 1.65. The minimum absolute atomic E-state index is 0.197. The fraction of sp³-hybridized carbons (Fsp3) is 0.700. The molecule has 0 fully saturated rings. The molecular formula is C10H18N2OS. The van der Waals surface area contributed by atoms with Crippen LogP contribution < -0.4 is 4.90 Å². The Morgan fingerprint density at radius 1 is 1.50 bits per heavy atom. The zero-order valence-corrected chi connectivity index (χ0v) is 9.68. The summed E-state index contributed by atoms with van der Waals surface area (Å²) in [5, 5.41) is 12.0. The first-order valence-electron chi connectivity index (χ1n) is 5.06. The predicted molar refractivity (Wildman–Crippen MR) is 61.1 cm³/mol. The maximum Gasteiger partial charge on any atom is 0.185 e. The second kappa shape index (κ2) is 5.98. The average molecular weight is 214 g/mol. The maximum atomic E-state index is 8.94. The molecule has 1 N–H and O–H groups in total. The molecule has 0 atom stereocenters. The number of hydrogen-bond donors (Lipinski definition) is 1. The molecule has 1 rings (SSSR count). The molecule has 1 aromatic rings. The van der Waals surface area contributed by atoms with Crippen LogP contribution in [0.4, 0.5) is 5.13 Å². The Morgan fingerprint density at radius 2 is 2.29 bits per heavy atom. The second-order valence-electron chi connectivity index (χ2n) is 3.34. The van der Waals surface area contributed by atoms with E-state index in [9.17, 15) is 0 Å². The number of aliphatic hydroxyl groups is 1. The first-order valence-corrected chi connectivity index (χ1v) is 5.93. The van der Waals surface area contributed by atoms with Crippen molar-refractivity contribution in [2.24, 2.45) is 0 Å². The summed E-state index contributed by atoms with van der Waals surface area (Å²) in [5.41, 5.74) is 1.06. The molecule has 14 heavy (non-hydrogen) atoms. The van der Waals surface area contributed by atoms with Gasteiger partial charge in [0.05, 0.1) is 12.3 Å². The van der Waals surface area contributed by atoms with Crippen LogP contribution in [0.5, 0.6) is 0 Å². The van der Waals surface area contributed by atoms with Gasteiger partial charge in [-0.15, -0.1) is 11.3 Å². The summed E-state index contributed by atoms with van der Waals surface area (Å²) in [7, 11) is 0. The fourth-order valence-corrected chi connectivity index (χ4v) is 2.12. The second-order valence-corrected chi connectivity index (χ2v) is 4.17. The third-order valence-corrected chi connectivity index (χ3v) is 3.05. The van der Waals surface area contributed by atoms with Gasteiger partial charge in [0.1, 0.15) is 0 Å². The highest BCUT2D eigenvalue weighted by Crippen LogP contribution is 2.20. The van der Waals surface area contributed by atoms with E-state index in [1.165, 1.54) is 6.42 Å². The van der Waals surface area contributed by atoms with E-state index in [4.69, 9.17) is 5.11 Å². The molecule has 0 unspecified atom stereocenters. The molecule has 0 radical (unpaired) electrons. The Bertz CT molecular complexity index is 262. The van der Waals surface area contributed by atoms with Crippen LogP contribution in [0.1, 0.15) is 25.5 Å². The monoisotopic (exact) mass is 214 g/mol. The van der Waals surface area contributed by atoms with E-state index in [1.807, 2.05) is 12.3 Å². The van der Waals surface area contributed by atoms with Crippen LogP contribution in [-0.4, -0.2) is 29.8 Å². The molecule has 0 saturated carbocycles. The lowest BCUT2D eigenvalue weighted by atomic mass is 10.3. The van der Waals surface area contributed by atoms with Crippen LogP contribution in [0.2, 0.25) is 0 Å². The van der Waals surface area contributed by atoms with Crippen molar-refractivity contribution >= 4 is 16.5 Å². The molecule has 0 aliphatic heterocycles. The van der Waals surface area contributed by atoms with Gasteiger partial charge in [-0.1, -0.05) is 13.3 Å². The smallest absolute Gasteiger partial charge is 0.185 e. The minimum atomic E-state index is 0.197.